The van der Waals surface area contributed by atoms with Gasteiger partial charge in [0.15, 0.2) is 12.4 Å². The minimum atomic E-state index is -0.624. The molecule has 27 heavy (non-hydrogen) atoms. The van der Waals surface area contributed by atoms with E-state index in [1.165, 1.54) is 24.4 Å². The van der Waals surface area contributed by atoms with E-state index in [2.05, 4.69) is 15.5 Å². The minimum Gasteiger partial charge on any atom is -0.477 e. The fraction of sp³-hybridized carbons (Fsp3) is 0.0556. The molecule has 0 radical (unpaired) electrons. The molecule has 3 rings (SSSR count). The number of hydrazone groups is 1. The van der Waals surface area contributed by atoms with Crippen LogP contribution in [0.2, 0.25) is 0 Å². The van der Waals surface area contributed by atoms with Gasteiger partial charge in [0.05, 0.1) is 16.7 Å². The van der Waals surface area contributed by atoms with Crippen molar-refractivity contribution in [1.82, 2.24) is 10.4 Å². The van der Waals surface area contributed by atoms with Gasteiger partial charge in [0.1, 0.15) is 0 Å². The van der Waals surface area contributed by atoms with Crippen molar-refractivity contribution < 1.29 is 14.5 Å². The number of benzene rings is 2. The third-order valence-corrected chi connectivity index (χ3v) is 3.60. The SMILES string of the molecule is O=C(COc1ccccc1[N+](=O)[O-])N/N=C/c1cc2ccccc2[nH]c1=O. The van der Waals surface area contributed by atoms with Crippen LogP contribution in [0.25, 0.3) is 10.9 Å². The van der Waals surface area contributed by atoms with Crippen molar-refractivity contribution in [3.05, 3.63) is 80.6 Å². The van der Waals surface area contributed by atoms with Crippen molar-refractivity contribution in [2.24, 2.45) is 5.10 Å². The number of carbonyl (C=O) groups is 1. The highest BCUT2D eigenvalue weighted by molar-refractivity contribution is 5.88. The summed E-state index contributed by atoms with van der Waals surface area (Å²) in [5.74, 6) is -0.644. The van der Waals surface area contributed by atoms with Crippen LogP contribution in [0.4, 0.5) is 5.69 Å². The third-order valence-electron chi connectivity index (χ3n) is 3.60. The Balaban J connectivity index is 1.62. The van der Waals surface area contributed by atoms with Crippen molar-refractivity contribution >= 4 is 28.7 Å². The largest absolute Gasteiger partial charge is 0.477 e. The molecule has 0 aliphatic rings. The van der Waals surface area contributed by atoms with Crippen molar-refractivity contribution in [3.8, 4) is 5.75 Å². The number of aromatic amines is 1. The highest BCUT2D eigenvalue weighted by Crippen LogP contribution is 2.25. The van der Waals surface area contributed by atoms with E-state index in [9.17, 15) is 19.7 Å². The zero-order chi connectivity index (χ0) is 19.2. The van der Waals surface area contributed by atoms with Crippen molar-refractivity contribution in [2.45, 2.75) is 0 Å². The molecule has 2 N–H and O–H groups in total. The van der Waals surface area contributed by atoms with E-state index in [4.69, 9.17) is 4.74 Å². The van der Waals surface area contributed by atoms with Gasteiger partial charge >= 0.3 is 5.69 Å². The summed E-state index contributed by atoms with van der Waals surface area (Å²) in [6, 6.07) is 14.6. The minimum absolute atomic E-state index is 0.0207. The number of fused-ring (bicyclic) bond motifs is 1. The molecule has 0 spiro atoms. The van der Waals surface area contributed by atoms with Gasteiger partial charge in [-0.15, -0.1) is 0 Å². The van der Waals surface area contributed by atoms with Crippen LogP contribution in [-0.2, 0) is 4.79 Å². The number of hydrogen-bond donors (Lipinski definition) is 2. The van der Waals surface area contributed by atoms with Gasteiger partial charge in [-0.05, 0) is 23.6 Å². The van der Waals surface area contributed by atoms with Crippen LogP contribution < -0.4 is 15.7 Å². The smallest absolute Gasteiger partial charge is 0.310 e. The van der Waals surface area contributed by atoms with E-state index in [-0.39, 0.29) is 22.6 Å². The Hall–Kier alpha value is -4.01. The number of nitrogens with one attached hydrogen (secondary N) is 2. The molecule has 0 bridgehead atoms. The summed E-state index contributed by atoms with van der Waals surface area (Å²) in [6.07, 6.45) is 1.22. The molecular formula is C18H14N4O5. The second-order valence-electron chi connectivity index (χ2n) is 5.45. The number of amides is 1. The van der Waals surface area contributed by atoms with Gasteiger partial charge in [-0.1, -0.05) is 30.3 Å². The first-order valence-corrected chi connectivity index (χ1v) is 7.85. The maximum atomic E-state index is 12.0. The van der Waals surface area contributed by atoms with Crippen LogP contribution in [-0.4, -0.2) is 28.6 Å². The van der Waals surface area contributed by atoms with E-state index < -0.39 is 17.4 Å². The summed E-state index contributed by atoms with van der Waals surface area (Å²) in [4.78, 5) is 36.8. The molecule has 0 saturated heterocycles. The van der Waals surface area contributed by atoms with Crippen LogP contribution in [0.5, 0.6) is 5.75 Å². The van der Waals surface area contributed by atoms with Gasteiger partial charge in [0.2, 0.25) is 0 Å². The molecule has 1 heterocycles. The first-order valence-electron chi connectivity index (χ1n) is 7.85. The van der Waals surface area contributed by atoms with E-state index >= 15 is 0 Å². The molecule has 0 aliphatic heterocycles. The molecule has 0 unspecified atom stereocenters. The van der Waals surface area contributed by atoms with Crippen LogP contribution in [0.15, 0.2) is 64.5 Å². The highest BCUT2D eigenvalue weighted by Gasteiger charge is 2.14. The number of rotatable bonds is 6. The molecule has 1 aromatic heterocycles. The second-order valence-corrected chi connectivity index (χ2v) is 5.45. The molecular weight excluding hydrogens is 352 g/mol. The molecule has 0 fully saturated rings. The Morgan fingerprint density at radius 1 is 1.22 bits per heavy atom. The fourth-order valence-electron chi connectivity index (χ4n) is 2.34. The average Bonchev–Trinajstić information content (AvgIpc) is 2.67. The number of nitro benzene ring substituents is 1. The number of H-pyrrole nitrogens is 1. The number of ether oxygens (including phenoxy) is 1. The molecule has 136 valence electrons. The van der Waals surface area contributed by atoms with Gasteiger partial charge in [0.25, 0.3) is 11.5 Å². The average molecular weight is 366 g/mol. The lowest BCUT2D eigenvalue weighted by Gasteiger charge is -2.05. The molecule has 9 nitrogen and oxygen atoms in total. The van der Waals surface area contributed by atoms with E-state index in [1.54, 1.807) is 18.2 Å². The predicted octanol–water partition coefficient (Wildman–Crippen LogP) is 1.97. The number of pyridine rings is 1. The summed E-state index contributed by atoms with van der Waals surface area (Å²) in [7, 11) is 0. The van der Waals surface area contributed by atoms with Crippen LogP contribution >= 0.6 is 0 Å². The molecule has 1 amide bonds. The molecule has 2 aromatic carbocycles. The highest BCUT2D eigenvalue weighted by atomic mass is 16.6. The van der Waals surface area contributed by atoms with Crippen molar-refractivity contribution in [3.63, 3.8) is 0 Å². The fourth-order valence-corrected chi connectivity index (χ4v) is 2.34. The van der Waals surface area contributed by atoms with E-state index in [1.807, 2.05) is 18.2 Å². The number of nitro groups is 1. The quantitative estimate of drug-likeness (QED) is 0.392. The lowest BCUT2D eigenvalue weighted by Crippen LogP contribution is -2.25. The maximum Gasteiger partial charge on any atom is 0.310 e. The Bertz CT molecular complexity index is 1090. The summed E-state index contributed by atoms with van der Waals surface area (Å²) in [5.41, 5.74) is 2.59. The normalized spacial score (nSPS) is 10.8. The molecule has 9 heteroatoms. The summed E-state index contributed by atoms with van der Waals surface area (Å²) < 4.78 is 5.15. The Morgan fingerprint density at radius 2 is 1.96 bits per heavy atom. The second kappa shape index (κ2) is 7.91. The number of para-hydroxylation sites is 3. The number of carbonyl (C=O) groups excluding carboxylic acids is 1. The van der Waals surface area contributed by atoms with E-state index in [0.29, 0.717) is 5.52 Å². The first kappa shape index (κ1) is 17.8. The molecule has 3 aromatic rings. The Kier molecular flexibility index (Phi) is 5.22. The van der Waals surface area contributed by atoms with Gasteiger partial charge in [0, 0.05) is 11.6 Å². The Labute approximate surface area is 152 Å². The maximum absolute atomic E-state index is 12.0. The van der Waals surface area contributed by atoms with E-state index in [0.717, 1.165) is 5.39 Å². The Morgan fingerprint density at radius 3 is 2.78 bits per heavy atom. The number of aromatic nitrogens is 1. The monoisotopic (exact) mass is 366 g/mol. The molecule has 0 aliphatic carbocycles. The summed E-state index contributed by atoms with van der Waals surface area (Å²) in [5, 5.41) is 15.4. The zero-order valence-electron chi connectivity index (χ0n) is 13.9. The summed E-state index contributed by atoms with van der Waals surface area (Å²) in [6.45, 7) is -0.462. The van der Waals surface area contributed by atoms with Crippen LogP contribution in [0.1, 0.15) is 5.56 Å². The summed E-state index contributed by atoms with van der Waals surface area (Å²) >= 11 is 0. The van der Waals surface area contributed by atoms with Crippen LogP contribution in [0, 0.1) is 10.1 Å². The van der Waals surface area contributed by atoms with Crippen LogP contribution in [0.3, 0.4) is 0 Å². The van der Waals surface area contributed by atoms with Gasteiger partial charge in [-0.3, -0.25) is 19.7 Å². The topological polar surface area (TPSA) is 127 Å². The van der Waals surface area contributed by atoms with Gasteiger partial charge in [-0.25, -0.2) is 5.43 Å². The molecule has 0 saturated carbocycles. The number of hydrogen-bond acceptors (Lipinski definition) is 6. The molecule has 0 atom stereocenters. The van der Waals surface area contributed by atoms with Gasteiger partial charge in [-0.2, -0.15) is 5.10 Å². The first-order chi connectivity index (χ1) is 13.0. The lowest BCUT2D eigenvalue weighted by molar-refractivity contribution is -0.385. The van der Waals surface area contributed by atoms with Crippen molar-refractivity contribution in [2.75, 3.05) is 6.61 Å². The zero-order valence-corrected chi connectivity index (χ0v) is 13.9. The number of nitrogens with zero attached hydrogens (tertiary/aromatic N) is 2. The standard InChI is InChI=1S/C18H14N4O5/c23-17(11-27-16-8-4-3-7-15(16)22(25)26)21-19-10-13-9-12-5-1-2-6-14(12)20-18(13)24/h1-10H,11H2,(H,20,24)(H,21,23)/b19-10+. The third kappa shape index (κ3) is 4.34. The van der Waals surface area contributed by atoms with Gasteiger partial charge < -0.3 is 9.72 Å². The van der Waals surface area contributed by atoms with Crippen molar-refractivity contribution in [1.29, 1.82) is 0 Å². The predicted molar refractivity (Wildman–Crippen MR) is 98.9 cm³/mol. The lowest BCUT2D eigenvalue weighted by atomic mass is 10.2.